The Morgan fingerprint density at radius 1 is 1.12 bits per heavy atom. The van der Waals surface area contributed by atoms with E-state index in [2.05, 4.69) is 21.2 Å². The van der Waals surface area contributed by atoms with E-state index in [1.54, 1.807) is 32.4 Å². The molecule has 24 heavy (non-hydrogen) atoms. The Hall–Kier alpha value is -2.05. The molecule has 0 fully saturated rings. The first-order valence-electron chi connectivity index (χ1n) is 7.46. The number of carbonyl (C=O) groups is 1. The number of methoxy groups -OCH3 is 2. The molecule has 0 unspecified atom stereocenters. The van der Waals surface area contributed by atoms with Crippen LogP contribution in [0.1, 0.15) is 15.9 Å². The van der Waals surface area contributed by atoms with Crippen molar-refractivity contribution in [3.05, 3.63) is 58.1 Å². The van der Waals surface area contributed by atoms with Gasteiger partial charge in [-0.3, -0.25) is 4.79 Å². The van der Waals surface area contributed by atoms with E-state index in [9.17, 15) is 4.79 Å². The summed E-state index contributed by atoms with van der Waals surface area (Å²) in [6.45, 7) is 1.45. The highest BCUT2D eigenvalue weighted by atomic mass is 79.9. The van der Waals surface area contributed by atoms with Gasteiger partial charge in [0.2, 0.25) is 0 Å². The molecule has 0 heterocycles. The second-order valence-electron chi connectivity index (χ2n) is 5.02. The molecule has 6 heteroatoms. The summed E-state index contributed by atoms with van der Waals surface area (Å²) in [5.74, 6) is 1.29. The molecule has 0 aliphatic carbocycles. The third-order valence-electron chi connectivity index (χ3n) is 3.32. The number of ether oxygens (including phenoxy) is 3. The zero-order chi connectivity index (χ0) is 17.4. The molecule has 0 aliphatic rings. The predicted octanol–water partition coefficient (Wildman–Crippen LogP) is 3.41. The highest BCUT2D eigenvalue weighted by Gasteiger charge is 2.09. The second-order valence-corrected chi connectivity index (χ2v) is 5.88. The minimum atomic E-state index is -0.149. The average molecular weight is 394 g/mol. The minimum absolute atomic E-state index is 0.149. The van der Waals surface area contributed by atoms with Crippen molar-refractivity contribution < 1.29 is 19.0 Å². The maximum absolute atomic E-state index is 12.2. The predicted molar refractivity (Wildman–Crippen MR) is 95.7 cm³/mol. The zero-order valence-electron chi connectivity index (χ0n) is 13.7. The number of carbonyl (C=O) groups excluding carboxylic acids is 1. The zero-order valence-corrected chi connectivity index (χ0v) is 15.3. The van der Waals surface area contributed by atoms with Crippen LogP contribution >= 0.6 is 15.9 Å². The van der Waals surface area contributed by atoms with Crippen molar-refractivity contribution >= 4 is 21.8 Å². The number of nitrogens with one attached hydrogen (secondary N) is 1. The summed E-state index contributed by atoms with van der Waals surface area (Å²) < 4.78 is 16.4. The molecular weight excluding hydrogens is 374 g/mol. The second kappa shape index (κ2) is 9.30. The van der Waals surface area contributed by atoms with Gasteiger partial charge >= 0.3 is 0 Å². The molecule has 128 valence electrons. The highest BCUT2D eigenvalue weighted by Crippen LogP contribution is 2.25. The van der Waals surface area contributed by atoms with Crippen LogP contribution in [0.3, 0.4) is 0 Å². The molecular formula is C18H20BrNO4. The SMILES string of the molecule is COCCOc1cccc(CNC(=O)c2ccc(OC)c(Br)c2)c1. The lowest BCUT2D eigenvalue weighted by Crippen LogP contribution is -2.22. The van der Waals surface area contributed by atoms with Crippen molar-refractivity contribution in [3.8, 4) is 11.5 Å². The van der Waals surface area contributed by atoms with Gasteiger partial charge in [-0.15, -0.1) is 0 Å². The van der Waals surface area contributed by atoms with Crippen LogP contribution in [0.5, 0.6) is 11.5 Å². The van der Waals surface area contributed by atoms with Gasteiger partial charge in [0.25, 0.3) is 5.91 Å². The van der Waals surface area contributed by atoms with E-state index in [1.165, 1.54) is 0 Å². The molecule has 0 aliphatic heterocycles. The first kappa shape index (κ1) is 18.3. The van der Waals surface area contributed by atoms with Crippen LogP contribution < -0.4 is 14.8 Å². The van der Waals surface area contributed by atoms with Crippen molar-refractivity contribution in [1.29, 1.82) is 0 Å². The number of halogens is 1. The molecule has 2 aromatic rings. The lowest BCUT2D eigenvalue weighted by Gasteiger charge is -2.10. The van der Waals surface area contributed by atoms with Gasteiger partial charge in [-0.1, -0.05) is 12.1 Å². The Morgan fingerprint density at radius 2 is 1.96 bits per heavy atom. The van der Waals surface area contributed by atoms with Gasteiger partial charge in [0.05, 0.1) is 18.2 Å². The Morgan fingerprint density at radius 3 is 2.67 bits per heavy atom. The quantitative estimate of drug-likeness (QED) is 0.698. The monoisotopic (exact) mass is 393 g/mol. The fraction of sp³-hybridized carbons (Fsp3) is 0.278. The first-order chi connectivity index (χ1) is 11.6. The number of rotatable bonds is 8. The molecule has 0 saturated carbocycles. The van der Waals surface area contributed by atoms with Gasteiger partial charge in [0, 0.05) is 19.2 Å². The summed E-state index contributed by atoms with van der Waals surface area (Å²) in [5, 5.41) is 2.89. The van der Waals surface area contributed by atoms with E-state index in [0.29, 0.717) is 31.1 Å². The normalized spacial score (nSPS) is 10.3. The van der Waals surface area contributed by atoms with E-state index in [4.69, 9.17) is 14.2 Å². The molecule has 5 nitrogen and oxygen atoms in total. The van der Waals surface area contributed by atoms with Gasteiger partial charge in [-0.25, -0.2) is 0 Å². The molecule has 0 aromatic heterocycles. The lowest BCUT2D eigenvalue weighted by atomic mass is 10.2. The molecule has 0 saturated heterocycles. The Bertz CT molecular complexity index is 690. The van der Waals surface area contributed by atoms with Crippen LogP contribution in [0.15, 0.2) is 46.9 Å². The van der Waals surface area contributed by atoms with Crippen LogP contribution in [0.25, 0.3) is 0 Å². The van der Waals surface area contributed by atoms with Crippen LogP contribution in [0, 0.1) is 0 Å². The summed E-state index contributed by atoms with van der Waals surface area (Å²) in [6, 6.07) is 12.8. The topological polar surface area (TPSA) is 56.8 Å². The average Bonchev–Trinajstić information content (AvgIpc) is 2.60. The maximum Gasteiger partial charge on any atom is 0.251 e. The summed E-state index contributed by atoms with van der Waals surface area (Å²) in [5.41, 5.74) is 1.53. The first-order valence-corrected chi connectivity index (χ1v) is 8.25. The third kappa shape index (κ3) is 5.25. The van der Waals surface area contributed by atoms with Gasteiger partial charge in [-0.2, -0.15) is 0 Å². The Kier molecular flexibility index (Phi) is 7.08. The largest absolute Gasteiger partial charge is 0.496 e. The standard InChI is InChI=1S/C18H20BrNO4/c1-22-8-9-24-15-5-3-4-13(10-15)12-20-18(21)14-6-7-17(23-2)16(19)11-14/h3-7,10-11H,8-9,12H2,1-2H3,(H,20,21). The summed E-state index contributed by atoms with van der Waals surface area (Å²) in [7, 11) is 3.22. The van der Waals surface area contributed by atoms with Crippen LogP contribution in [0.4, 0.5) is 0 Å². The summed E-state index contributed by atoms with van der Waals surface area (Å²) in [4.78, 5) is 12.2. The molecule has 2 rings (SSSR count). The van der Waals surface area contributed by atoms with Crippen molar-refractivity contribution in [2.45, 2.75) is 6.54 Å². The smallest absolute Gasteiger partial charge is 0.251 e. The van der Waals surface area contributed by atoms with E-state index in [-0.39, 0.29) is 5.91 Å². The summed E-state index contributed by atoms with van der Waals surface area (Å²) in [6.07, 6.45) is 0. The Labute approximate surface area is 150 Å². The van der Waals surface area contributed by atoms with E-state index in [0.717, 1.165) is 15.8 Å². The number of benzene rings is 2. The molecule has 0 spiro atoms. The van der Waals surface area contributed by atoms with E-state index in [1.807, 2.05) is 24.3 Å². The van der Waals surface area contributed by atoms with Gasteiger partial charge in [-0.05, 0) is 51.8 Å². The molecule has 2 aromatic carbocycles. The molecule has 0 atom stereocenters. The number of hydrogen-bond donors (Lipinski definition) is 1. The van der Waals surface area contributed by atoms with Crippen molar-refractivity contribution in [2.75, 3.05) is 27.4 Å². The molecule has 1 N–H and O–H groups in total. The molecule has 1 amide bonds. The van der Waals surface area contributed by atoms with Crippen LogP contribution in [-0.4, -0.2) is 33.3 Å². The van der Waals surface area contributed by atoms with Crippen molar-refractivity contribution in [2.24, 2.45) is 0 Å². The van der Waals surface area contributed by atoms with Gasteiger partial charge in [0.1, 0.15) is 18.1 Å². The summed E-state index contributed by atoms with van der Waals surface area (Å²) >= 11 is 3.38. The van der Waals surface area contributed by atoms with Crippen molar-refractivity contribution in [1.82, 2.24) is 5.32 Å². The Balaban J connectivity index is 1.94. The molecule has 0 bridgehead atoms. The van der Waals surface area contributed by atoms with Gasteiger partial charge in [0.15, 0.2) is 0 Å². The van der Waals surface area contributed by atoms with Crippen LogP contribution in [-0.2, 0) is 11.3 Å². The van der Waals surface area contributed by atoms with Crippen LogP contribution in [0.2, 0.25) is 0 Å². The highest BCUT2D eigenvalue weighted by molar-refractivity contribution is 9.10. The van der Waals surface area contributed by atoms with Gasteiger partial charge < -0.3 is 19.5 Å². The van der Waals surface area contributed by atoms with E-state index < -0.39 is 0 Å². The third-order valence-corrected chi connectivity index (χ3v) is 3.94. The minimum Gasteiger partial charge on any atom is -0.496 e. The lowest BCUT2D eigenvalue weighted by molar-refractivity contribution is 0.0950. The molecule has 0 radical (unpaired) electrons. The fourth-order valence-corrected chi connectivity index (χ4v) is 2.62. The number of hydrogen-bond acceptors (Lipinski definition) is 4. The van der Waals surface area contributed by atoms with E-state index >= 15 is 0 Å². The number of amides is 1. The maximum atomic E-state index is 12.2. The van der Waals surface area contributed by atoms with Crippen molar-refractivity contribution in [3.63, 3.8) is 0 Å². The fourth-order valence-electron chi connectivity index (χ4n) is 2.08.